The number of H-pyrrole nitrogens is 1. The zero-order chi connectivity index (χ0) is 25.6. The third kappa shape index (κ3) is 7.09. The fourth-order valence-corrected chi connectivity index (χ4v) is 4.07. The van der Waals surface area contributed by atoms with E-state index in [2.05, 4.69) is 21.2 Å². The number of hydrogen-bond donors (Lipinski definition) is 2. The van der Waals surface area contributed by atoms with Gasteiger partial charge in [-0.3, -0.25) is 4.79 Å². The van der Waals surface area contributed by atoms with E-state index < -0.39 is 44.2 Å². The average Bonchev–Trinajstić information content (AvgIpc) is 3.17. The van der Waals surface area contributed by atoms with Gasteiger partial charge in [-0.25, -0.2) is 14.3 Å². The Hall–Kier alpha value is -3.31. The fraction of sp³-hybridized carbons (Fsp3) is 0.273. The van der Waals surface area contributed by atoms with E-state index in [1.165, 1.54) is 12.1 Å². The molecule has 0 fully saturated rings. The molecule has 1 heterocycles. The Morgan fingerprint density at radius 3 is 2.62 bits per heavy atom. The molecule has 0 spiro atoms. The van der Waals surface area contributed by atoms with E-state index in [1.54, 1.807) is 26.8 Å². The van der Waals surface area contributed by atoms with E-state index in [4.69, 9.17) is 21.8 Å². The Kier molecular flexibility index (Phi) is 8.88. The van der Waals surface area contributed by atoms with Crippen molar-refractivity contribution in [1.82, 2.24) is 10.2 Å². The molecule has 12 heteroatoms. The molecule has 2 aromatic rings. The molecule has 3 N–H and O–H groups in total. The van der Waals surface area contributed by atoms with E-state index >= 15 is 0 Å². The Morgan fingerprint density at radius 1 is 1.38 bits per heavy atom. The van der Waals surface area contributed by atoms with Crippen molar-refractivity contribution < 1.29 is 22.0 Å². The van der Waals surface area contributed by atoms with Crippen LogP contribution in [0.4, 0.5) is 4.39 Å². The van der Waals surface area contributed by atoms with Crippen molar-refractivity contribution in [3.8, 4) is 0 Å². The first-order valence-corrected chi connectivity index (χ1v) is 11.8. The number of sulfonamides is 1. The van der Waals surface area contributed by atoms with Gasteiger partial charge in [0.1, 0.15) is 10.7 Å². The average molecular weight is 511 g/mol. The molecule has 182 valence electrons. The number of benzene rings is 1. The first-order valence-electron chi connectivity index (χ1n) is 9.96. The number of nitrogens with two attached hydrogens (primary N) is 1. The van der Waals surface area contributed by atoms with Gasteiger partial charge in [-0.15, -0.1) is 5.10 Å². The number of allylic oxidation sites excluding steroid dienone is 5. The molecule has 0 radical (unpaired) electrons. The molecule has 0 aliphatic rings. The highest BCUT2D eigenvalue weighted by Gasteiger charge is 2.27. The Balaban J connectivity index is 2.42. The van der Waals surface area contributed by atoms with Gasteiger partial charge in [0, 0.05) is 17.7 Å². The normalized spacial score (nSPS) is 14.9. The van der Waals surface area contributed by atoms with Crippen molar-refractivity contribution in [1.29, 1.82) is 0 Å². The van der Waals surface area contributed by atoms with Crippen LogP contribution < -0.4 is 11.5 Å². The predicted octanol–water partition coefficient (Wildman–Crippen LogP) is 4.06. The lowest BCUT2D eigenvalue weighted by Crippen LogP contribution is -2.17. The number of carbonyl (C=O) groups excluding carboxylic acids is 1. The maximum absolute atomic E-state index is 14.5. The van der Waals surface area contributed by atoms with Crippen molar-refractivity contribution in [2.75, 3.05) is 0 Å². The van der Waals surface area contributed by atoms with Crippen molar-refractivity contribution in [3.63, 3.8) is 0 Å². The smallest absolute Gasteiger partial charge is 0.392 e. The molecule has 0 saturated carbocycles. The zero-order valence-corrected chi connectivity index (χ0v) is 20.3. The lowest BCUT2D eigenvalue weighted by molar-refractivity contribution is 0.0997. The number of amides is 1. The van der Waals surface area contributed by atoms with Gasteiger partial charge in [-0.05, 0) is 49.6 Å². The van der Waals surface area contributed by atoms with Crippen LogP contribution in [0.2, 0.25) is 5.02 Å². The minimum Gasteiger partial charge on any atom is -0.392 e. The van der Waals surface area contributed by atoms with Gasteiger partial charge in [-0.1, -0.05) is 36.8 Å². The van der Waals surface area contributed by atoms with Crippen LogP contribution >= 0.6 is 11.6 Å². The molecule has 1 aromatic carbocycles. The van der Waals surface area contributed by atoms with Crippen LogP contribution in [0.1, 0.15) is 49.4 Å². The lowest BCUT2D eigenvalue weighted by atomic mass is 9.91. The Labute approximate surface area is 201 Å². The van der Waals surface area contributed by atoms with Crippen LogP contribution in [0.3, 0.4) is 0 Å². The van der Waals surface area contributed by atoms with Crippen LogP contribution in [0.5, 0.6) is 0 Å². The summed E-state index contributed by atoms with van der Waals surface area (Å²) in [6.07, 6.45) is 3.68. The maximum atomic E-state index is 14.5. The second-order valence-electron chi connectivity index (χ2n) is 7.64. The van der Waals surface area contributed by atoms with Gasteiger partial charge < -0.3 is 10.2 Å². The number of carbonyl (C=O) groups is 1. The van der Waals surface area contributed by atoms with Gasteiger partial charge in [0.15, 0.2) is 0 Å². The number of halogens is 2. The maximum Gasteiger partial charge on any atom is 0.434 e. The minimum atomic E-state index is -4.42. The van der Waals surface area contributed by atoms with E-state index in [9.17, 15) is 22.4 Å². The van der Waals surface area contributed by atoms with Crippen LogP contribution in [0.25, 0.3) is 0 Å². The second-order valence-corrected chi connectivity index (χ2v) is 9.67. The fourth-order valence-electron chi connectivity index (χ4n) is 2.82. The predicted molar refractivity (Wildman–Crippen MR) is 127 cm³/mol. The highest BCUT2D eigenvalue weighted by molar-refractivity contribution is 7.90. The molecule has 1 amide bonds. The van der Waals surface area contributed by atoms with Gasteiger partial charge in [-0.2, -0.15) is 12.8 Å². The molecular formula is C22H24ClFN4O5S. The van der Waals surface area contributed by atoms with Gasteiger partial charge >= 0.3 is 5.76 Å². The SMILES string of the molecule is C=C(C)/C(C)=C\C=C(\F)C[C@H](C)C(/C=N/S(=O)(=O)c1ccc(Cl)cc1C(N)=O)c1n[nH]c(=O)o1. The van der Waals surface area contributed by atoms with Crippen LogP contribution in [0.15, 0.2) is 72.4 Å². The Bertz CT molecular complexity index is 1340. The Morgan fingerprint density at radius 2 is 2.06 bits per heavy atom. The summed E-state index contributed by atoms with van der Waals surface area (Å²) in [4.78, 5) is 22.7. The summed E-state index contributed by atoms with van der Waals surface area (Å²) in [5.74, 6) is -4.17. The largest absolute Gasteiger partial charge is 0.434 e. The van der Waals surface area contributed by atoms with Crippen LogP contribution in [-0.4, -0.2) is 30.7 Å². The van der Waals surface area contributed by atoms with Crippen molar-refractivity contribution in [3.05, 3.63) is 80.9 Å². The molecular weight excluding hydrogens is 487 g/mol. The van der Waals surface area contributed by atoms with E-state index in [0.717, 1.165) is 29.5 Å². The highest BCUT2D eigenvalue weighted by atomic mass is 35.5. The van der Waals surface area contributed by atoms with E-state index in [0.29, 0.717) is 0 Å². The van der Waals surface area contributed by atoms with E-state index in [-0.39, 0.29) is 22.9 Å². The third-order valence-corrected chi connectivity index (χ3v) is 6.45. The topological polar surface area (TPSA) is 148 Å². The standard InChI is InChI=1S/C22H24ClFN4O5S/c1-12(2)13(3)5-7-16(24)9-14(4)18(21-27-28-22(30)33-21)11-26-34(31,32)19-8-6-15(23)10-17(19)20(25)29/h5-8,10-11,14,18H,1,9H2,2-4H3,(H2,25,29)(H,28,30)/b13-5-,16-7+,26-11+/t14-,18?/m0/s1. The number of rotatable bonds is 10. The molecule has 1 unspecified atom stereocenters. The zero-order valence-electron chi connectivity index (χ0n) is 18.7. The lowest BCUT2D eigenvalue weighted by Gasteiger charge is -2.16. The number of aromatic amines is 1. The van der Waals surface area contributed by atoms with Gasteiger partial charge in [0.05, 0.1) is 11.5 Å². The summed E-state index contributed by atoms with van der Waals surface area (Å²) in [7, 11) is -4.42. The number of nitrogens with zero attached hydrogens (tertiary/aromatic N) is 2. The summed E-state index contributed by atoms with van der Waals surface area (Å²) in [5.41, 5.74) is 6.50. The second kappa shape index (κ2) is 11.2. The third-order valence-electron chi connectivity index (χ3n) is 4.90. The highest BCUT2D eigenvalue weighted by Crippen LogP contribution is 2.28. The molecule has 34 heavy (non-hydrogen) atoms. The van der Waals surface area contributed by atoms with Crippen LogP contribution in [-0.2, 0) is 10.0 Å². The summed E-state index contributed by atoms with van der Waals surface area (Å²) >= 11 is 5.83. The van der Waals surface area contributed by atoms with Gasteiger partial charge in [0.25, 0.3) is 10.0 Å². The first-order chi connectivity index (χ1) is 15.8. The molecule has 0 aliphatic carbocycles. The molecule has 0 bridgehead atoms. The monoisotopic (exact) mass is 510 g/mol. The summed E-state index contributed by atoms with van der Waals surface area (Å²) in [5, 5.41) is 5.92. The molecule has 0 saturated heterocycles. The summed E-state index contributed by atoms with van der Waals surface area (Å²) < 4.78 is 48.8. The number of hydrogen-bond acceptors (Lipinski definition) is 6. The summed E-state index contributed by atoms with van der Waals surface area (Å²) in [6.45, 7) is 8.95. The van der Waals surface area contributed by atoms with E-state index in [1.807, 2.05) is 0 Å². The van der Waals surface area contributed by atoms with Gasteiger partial charge in [0.2, 0.25) is 11.8 Å². The molecule has 0 aliphatic heterocycles. The number of nitrogens with one attached hydrogen (secondary N) is 1. The minimum absolute atomic E-state index is 0.111. The molecule has 2 rings (SSSR count). The van der Waals surface area contributed by atoms with Crippen molar-refractivity contribution in [2.45, 2.75) is 38.0 Å². The van der Waals surface area contributed by atoms with Crippen LogP contribution in [0, 0.1) is 5.92 Å². The molecule has 1 aromatic heterocycles. The van der Waals surface area contributed by atoms with Crippen molar-refractivity contribution >= 4 is 33.7 Å². The number of aromatic nitrogens is 2. The quantitative estimate of drug-likeness (QED) is 0.363. The summed E-state index contributed by atoms with van der Waals surface area (Å²) in [6, 6.07) is 3.48. The number of primary amides is 1. The molecule has 9 nitrogen and oxygen atoms in total. The van der Waals surface area contributed by atoms with Crippen molar-refractivity contribution in [2.24, 2.45) is 16.0 Å². The first kappa shape index (κ1) is 26.9. The molecule has 2 atom stereocenters.